The molecule has 2 aliphatic carbocycles. The molecule has 0 N–H and O–H groups in total. The summed E-state index contributed by atoms with van der Waals surface area (Å²) in [4.78, 5) is 2.68. The van der Waals surface area contributed by atoms with Gasteiger partial charge < -0.3 is 4.90 Å². The van der Waals surface area contributed by atoms with E-state index in [-0.39, 0.29) is 0 Å². The number of benzene rings is 8. The summed E-state index contributed by atoms with van der Waals surface area (Å²) < 4.78 is 0. The molecule has 2 unspecified atom stereocenters. The highest BCUT2D eigenvalue weighted by atomic mass is 15.2. The fourth-order valence-corrected chi connectivity index (χ4v) is 9.75. The minimum atomic E-state index is 0.352. The van der Waals surface area contributed by atoms with E-state index < -0.39 is 0 Å². The largest absolute Gasteiger partial charge is 0.339 e. The standard InChI is InChI=1S/C58H49N/c1-4-12-42(13-5-1)45-20-24-47(25-21-45)49-30-34-54(35-31-49)59(55-36-32-50(33-37-55)48-26-22-46(23-27-48)43-14-6-2-7-15-43)56-38-39-57(58(41-56)51-17-8-3-9-18-51)53-29-28-44-16-10-11-19-52(44)40-53/h1-32,34-37,40,50,56-58H,33,38-39,41H2/t50?,56-,57?,58+/m0/s1. The van der Waals surface area contributed by atoms with Gasteiger partial charge in [0.25, 0.3) is 0 Å². The molecule has 0 saturated heterocycles. The molecule has 0 amide bonds. The van der Waals surface area contributed by atoms with Gasteiger partial charge in [0.1, 0.15) is 0 Å². The van der Waals surface area contributed by atoms with Gasteiger partial charge in [0, 0.05) is 23.3 Å². The number of nitrogens with zero attached hydrogens (tertiary/aromatic N) is 1. The van der Waals surface area contributed by atoms with Crippen molar-refractivity contribution in [3.05, 3.63) is 247 Å². The first kappa shape index (κ1) is 36.6. The molecule has 1 heteroatoms. The molecule has 4 atom stereocenters. The molecule has 2 aliphatic rings. The Labute approximate surface area is 349 Å². The molecule has 0 spiro atoms. The smallest absolute Gasteiger partial charge is 0.0413 e. The van der Waals surface area contributed by atoms with Crippen molar-refractivity contribution < 1.29 is 0 Å². The van der Waals surface area contributed by atoms with Crippen LogP contribution < -0.4 is 4.90 Å². The van der Waals surface area contributed by atoms with Crippen LogP contribution in [0.2, 0.25) is 0 Å². The summed E-state index contributed by atoms with van der Waals surface area (Å²) in [6.07, 6.45) is 11.7. The van der Waals surface area contributed by atoms with Gasteiger partial charge in [0.15, 0.2) is 0 Å². The second-order valence-electron chi connectivity index (χ2n) is 16.4. The average Bonchev–Trinajstić information content (AvgIpc) is 3.33. The maximum atomic E-state index is 2.68. The van der Waals surface area contributed by atoms with Crippen LogP contribution in [-0.2, 0) is 0 Å². The number of fused-ring (bicyclic) bond motifs is 1. The molecule has 8 aromatic carbocycles. The predicted octanol–water partition coefficient (Wildman–Crippen LogP) is 15.4. The zero-order chi connectivity index (χ0) is 39.4. The first-order valence-electron chi connectivity index (χ1n) is 21.4. The summed E-state index contributed by atoms with van der Waals surface area (Å²) in [5.74, 6) is 1.22. The van der Waals surface area contributed by atoms with E-state index in [1.54, 1.807) is 0 Å². The van der Waals surface area contributed by atoms with Gasteiger partial charge in [0.05, 0.1) is 0 Å². The molecule has 0 radical (unpaired) electrons. The molecule has 0 aromatic heterocycles. The summed E-state index contributed by atoms with van der Waals surface area (Å²) in [6, 6.07) is 76.5. The van der Waals surface area contributed by atoms with Crippen LogP contribution in [0.4, 0.5) is 5.69 Å². The van der Waals surface area contributed by atoms with Crippen molar-refractivity contribution in [2.24, 2.45) is 0 Å². The van der Waals surface area contributed by atoms with Gasteiger partial charge in [0.2, 0.25) is 0 Å². The Hall–Kier alpha value is -6.70. The zero-order valence-electron chi connectivity index (χ0n) is 33.4. The molecule has 286 valence electrons. The fourth-order valence-electron chi connectivity index (χ4n) is 9.75. The predicted molar refractivity (Wildman–Crippen MR) is 250 cm³/mol. The van der Waals surface area contributed by atoms with Crippen LogP contribution in [0.25, 0.3) is 44.2 Å². The van der Waals surface area contributed by atoms with Crippen LogP contribution in [0, 0.1) is 0 Å². The van der Waals surface area contributed by atoms with E-state index in [9.17, 15) is 0 Å². The van der Waals surface area contributed by atoms with Crippen molar-refractivity contribution in [2.75, 3.05) is 4.90 Å². The molecule has 0 bridgehead atoms. The van der Waals surface area contributed by atoms with Gasteiger partial charge in [-0.2, -0.15) is 0 Å². The lowest BCUT2D eigenvalue weighted by molar-refractivity contribution is 0.341. The molecule has 8 aromatic rings. The van der Waals surface area contributed by atoms with E-state index in [1.807, 2.05) is 0 Å². The van der Waals surface area contributed by atoms with Gasteiger partial charge >= 0.3 is 0 Å². The van der Waals surface area contributed by atoms with Crippen LogP contribution >= 0.6 is 0 Å². The highest BCUT2D eigenvalue weighted by Crippen LogP contribution is 2.48. The highest BCUT2D eigenvalue weighted by Gasteiger charge is 2.36. The van der Waals surface area contributed by atoms with E-state index in [4.69, 9.17) is 0 Å². The lowest BCUT2D eigenvalue weighted by Crippen LogP contribution is -2.40. The Morgan fingerprint density at radius 2 is 0.898 bits per heavy atom. The number of hydrogen-bond donors (Lipinski definition) is 0. The Bertz CT molecular complexity index is 2690. The van der Waals surface area contributed by atoms with E-state index in [0.717, 1.165) is 25.7 Å². The number of allylic oxidation sites excluding steroid dienone is 3. The zero-order valence-corrected chi connectivity index (χ0v) is 33.4. The van der Waals surface area contributed by atoms with Crippen molar-refractivity contribution in [1.82, 2.24) is 0 Å². The van der Waals surface area contributed by atoms with E-state index in [0.29, 0.717) is 23.8 Å². The lowest BCUT2D eigenvalue weighted by Gasteiger charge is -2.44. The lowest BCUT2D eigenvalue weighted by atomic mass is 9.70. The third kappa shape index (κ3) is 7.82. The Kier molecular flexibility index (Phi) is 10.3. The normalized spacial score (nSPS) is 18.9. The van der Waals surface area contributed by atoms with Gasteiger partial charge in [-0.1, -0.05) is 206 Å². The first-order valence-corrected chi connectivity index (χ1v) is 21.4. The third-order valence-electron chi connectivity index (χ3n) is 12.9. The molecular formula is C58H49N. The molecule has 59 heavy (non-hydrogen) atoms. The fraction of sp³-hybridized carbons (Fsp3) is 0.138. The number of hydrogen-bond acceptors (Lipinski definition) is 1. The summed E-state index contributed by atoms with van der Waals surface area (Å²) in [6.45, 7) is 0. The van der Waals surface area contributed by atoms with Gasteiger partial charge in [-0.15, -0.1) is 0 Å². The van der Waals surface area contributed by atoms with E-state index in [1.165, 1.54) is 72.2 Å². The second kappa shape index (κ2) is 16.6. The molecular weight excluding hydrogens is 711 g/mol. The Morgan fingerprint density at radius 1 is 0.390 bits per heavy atom. The quantitative estimate of drug-likeness (QED) is 0.142. The second-order valence-corrected chi connectivity index (χ2v) is 16.4. The van der Waals surface area contributed by atoms with Crippen LogP contribution in [0.15, 0.2) is 230 Å². The monoisotopic (exact) mass is 759 g/mol. The molecule has 1 nitrogen and oxygen atoms in total. The van der Waals surface area contributed by atoms with Gasteiger partial charge in [-0.25, -0.2) is 0 Å². The Balaban J connectivity index is 0.963. The highest BCUT2D eigenvalue weighted by molar-refractivity contribution is 5.83. The van der Waals surface area contributed by atoms with Crippen LogP contribution in [0.5, 0.6) is 0 Å². The third-order valence-corrected chi connectivity index (χ3v) is 12.9. The van der Waals surface area contributed by atoms with Crippen molar-refractivity contribution in [3.8, 4) is 33.4 Å². The minimum Gasteiger partial charge on any atom is -0.339 e. The van der Waals surface area contributed by atoms with E-state index in [2.05, 4.69) is 229 Å². The maximum absolute atomic E-state index is 2.68. The molecule has 10 rings (SSSR count). The van der Waals surface area contributed by atoms with Crippen LogP contribution in [0.3, 0.4) is 0 Å². The number of rotatable bonds is 9. The topological polar surface area (TPSA) is 3.24 Å². The van der Waals surface area contributed by atoms with Crippen LogP contribution in [0.1, 0.15) is 60.1 Å². The summed E-state index contributed by atoms with van der Waals surface area (Å²) in [5.41, 5.74) is 14.3. The molecule has 0 aliphatic heterocycles. The minimum absolute atomic E-state index is 0.352. The van der Waals surface area contributed by atoms with Crippen LogP contribution in [-0.4, -0.2) is 6.04 Å². The first-order chi connectivity index (χ1) is 29.2. The summed E-state index contributed by atoms with van der Waals surface area (Å²) >= 11 is 0. The van der Waals surface area contributed by atoms with Crippen molar-refractivity contribution in [1.29, 1.82) is 0 Å². The van der Waals surface area contributed by atoms with Gasteiger partial charge in [-0.3, -0.25) is 0 Å². The van der Waals surface area contributed by atoms with E-state index >= 15 is 0 Å². The Morgan fingerprint density at radius 3 is 1.49 bits per heavy atom. The maximum Gasteiger partial charge on any atom is 0.0413 e. The molecule has 1 fully saturated rings. The molecule has 1 saturated carbocycles. The summed E-state index contributed by atoms with van der Waals surface area (Å²) in [7, 11) is 0. The van der Waals surface area contributed by atoms with Crippen molar-refractivity contribution >= 4 is 16.5 Å². The number of anilines is 1. The SMILES string of the molecule is C1=CC(c2ccc(-c3ccccc3)cc2)CC=C1N(c1ccc(-c2ccc(-c3ccccc3)cc2)cc1)[C@H]1CCC(c2ccc3ccccc3c2)[C@@H](c2ccccc2)C1. The molecule has 0 heterocycles. The van der Waals surface area contributed by atoms with Crippen molar-refractivity contribution in [2.45, 2.75) is 49.5 Å². The average molecular weight is 760 g/mol. The van der Waals surface area contributed by atoms with Gasteiger partial charge in [-0.05, 0) is 117 Å². The summed E-state index contributed by atoms with van der Waals surface area (Å²) in [5, 5.41) is 2.64. The van der Waals surface area contributed by atoms with Crippen molar-refractivity contribution in [3.63, 3.8) is 0 Å².